The van der Waals surface area contributed by atoms with Crippen molar-refractivity contribution < 1.29 is 19.0 Å². The Labute approximate surface area is 104 Å². The number of esters is 1. The maximum absolute atomic E-state index is 11.7. The largest absolute Gasteiger partial charge is 0.486 e. The Morgan fingerprint density at radius 3 is 2.76 bits per heavy atom. The maximum atomic E-state index is 11.7. The van der Waals surface area contributed by atoms with E-state index in [1.807, 2.05) is 0 Å². The molecule has 1 aromatic carbocycles. The summed E-state index contributed by atoms with van der Waals surface area (Å²) in [5.74, 6) is 0.553. The maximum Gasteiger partial charge on any atom is 0.338 e. The SMILES string of the molecule is CC(C)OC(=O)c1cc(Cl)c2c(c1)OCCO2. The van der Waals surface area contributed by atoms with Crippen molar-refractivity contribution in [3.05, 3.63) is 22.7 Å². The summed E-state index contributed by atoms with van der Waals surface area (Å²) < 4.78 is 15.8. The molecule has 2 rings (SSSR count). The minimum Gasteiger partial charge on any atom is -0.486 e. The number of hydrogen-bond donors (Lipinski definition) is 0. The number of halogens is 1. The molecular weight excluding hydrogens is 244 g/mol. The fourth-order valence-electron chi connectivity index (χ4n) is 1.51. The second kappa shape index (κ2) is 4.84. The number of ether oxygens (including phenoxy) is 3. The molecule has 5 heteroatoms. The van der Waals surface area contributed by atoms with Crippen LogP contribution in [0.3, 0.4) is 0 Å². The number of benzene rings is 1. The van der Waals surface area contributed by atoms with Crippen LogP contribution in [0.5, 0.6) is 11.5 Å². The van der Waals surface area contributed by atoms with Gasteiger partial charge < -0.3 is 14.2 Å². The van der Waals surface area contributed by atoms with E-state index >= 15 is 0 Å². The topological polar surface area (TPSA) is 44.8 Å². The third-order valence-electron chi connectivity index (χ3n) is 2.18. The predicted octanol–water partition coefficient (Wildman–Crippen LogP) is 2.68. The van der Waals surface area contributed by atoms with Crippen molar-refractivity contribution in [2.45, 2.75) is 20.0 Å². The first-order valence-electron chi connectivity index (χ1n) is 5.38. The average molecular weight is 257 g/mol. The number of carbonyl (C=O) groups excluding carboxylic acids is 1. The van der Waals surface area contributed by atoms with Gasteiger partial charge in [-0.15, -0.1) is 0 Å². The molecule has 0 radical (unpaired) electrons. The third-order valence-corrected chi connectivity index (χ3v) is 2.46. The normalized spacial score (nSPS) is 13.6. The van der Waals surface area contributed by atoms with Crippen LogP contribution >= 0.6 is 11.6 Å². The number of fused-ring (bicyclic) bond motifs is 1. The van der Waals surface area contributed by atoms with Gasteiger partial charge in [0.05, 0.1) is 16.7 Å². The first-order valence-corrected chi connectivity index (χ1v) is 5.76. The summed E-state index contributed by atoms with van der Waals surface area (Å²) in [6.07, 6.45) is -0.172. The fraction of sp³-hybridized carbons (Fsp3) is 0.417. The summed E-state index contributed by atoms with van der Waals surface area (Å²) >= 11 is 6.02. The lowest BCUT2D eigenvalue weighted by molar-refractivity contribution is 0.0377. The van der Waals surface area contributed by atoms with Crippen molar-refractivity contribution in [3.63, 3.8) is 0 Å². The first-order chi connectivity index (χ1) is 8.08. The Hall–Kier alpha value is -1.42. The number of rotatable bonds is 2. The molecule has 1 aromatic rings. The molecule has 0 saturated heterocycles. The molecule has 4 nitrogen and oxygen atoms in total. The summed E-state index contributed by atoms with van der Waals surface area (Å²) in [6.45, 7) is 4.49. The van der Waals surface area contributed by atoms with Gasteiger partial charge in [0.25, 0.3) is 0 Å². The highest BCUT2D eigenvalue weighted by molar-refractivity contribution is 6.32. The van der Waals surface area contributed by atoms with Gasteiger partial charge >= 0.3 is 5.97 Å². The average Bonchev–Trinajstić information content (AvgIpc) is 2.28. The van der Waals surface area contributed by atoms with Crippen LogP contribution in [0.15, 0.2) is 12.1 Å². The third kappa shape index (κ3) is 2.64. The van der Waals surface area contributed by atoms with Gasteiger partial charge in [-0.1, -0.05) is 11.6 Å². The molecule has 17 heavy (non-hydrogen) atoms. The van der Waals surface area contributed by atoms with Gasteiger partial charge in [0.1, 0.15) is 13.2 Å². The molecule has 0 aromatic heterocycles. The van der Waals surface area contributed by atoms with Crippen LogP contribution in [0, 0.1) is 0 Å². The van der Waals surface area contributed by atoms with Crippen LogP contribution in [-0.4, -0.2) is 25.3 Å². The minimum absolute atomic E-state index is 0.172. The lowest BCUT2D eigenvalue weighted by Crippen LogP contribution is -2.17. The lowest BCUT2D eigenvalue weighted by Gasteiger charge is -2.20. The van der Waals surface area contributed by atoms with E-state index < -0.39 is 5.97 Å². The summed E-state index contributed by atoms with van der Waals surface area (Å²) in [5.41, 5.74) is 0.368. The first kappa shape index (κ1) is 12.0. The van der Waals surface area contributed by atoms with Gasteiger partial charge in [-0.05, 0) is 26.0 Å². The Morgan fingerprint density at radius 1 is 1.35 bits per heavy atom. The Morgan fingerprint density at radius 2 is 2.06 bits per heavy atom. The molecule has 0 spiro atoms. The molecule has 0 atom stereocenters. The van der Waals surface area contributed by atoms with Crippen molar-refractivity contribution in [1.29, 1.82) is 0 Å². The molecule has 0 bridgehead atoms. The van der Waals surface area contributed by atoms with E-state index in [1.54, 1.807) is 19.9 Å². The van der Waals surface area contributed by atoms with Crippen LogP contribution in [0.25, 0.3) is 0 Å². The van der Waals surface area contributed by atoms with Crippen LogP contribution in [-0.2, 0) is 4.74 Å². The zero-order chi connectivity index (χ0) is 12.4. The van der Waals surface area contributed by atoms with Gasteiger partial charge in [0.15, 0.2) is 11.5 Å². The number of hydrogen-bond acceptors (Lipinski definition) is 4. The summed E-state index contributed by atoms with van der Waals surface area (Å²) in [7, 11) is 0. The van der Waals surface area contributed by atoms with Crippen molar-refractivity contribution >= 4 is 17.6 Å². The Balaban J connectivity index is 2.30. The minimum atomic E-state index is -0.418. The molecule has 0 N–H and O–H groups in total. The highest BCUT2D eigenvalue weighted by Gasteiger charge is 2.20. The molecule has 0 amide bonds. The van der Waals surface area contributed by atoms with Gasteiger partial charge in [-0.2, -0.15) is 0 Å². The molecule has 92 valence electrons. The van der Waals surface area contributed by atoms with E-state index in [0.29, 0.717) is 35.3 Å². The van der Waals surface area contributed by atoms with Crippen LogP contribution in [0.2, 0.25) is 5.02 Å². The Bertz CT molecular complexity index is 442. The van der Waals surface area contributed by atoms with Gasteiger partial charge in [-0.25, -0.2) is 4.79 Å². The van der Waals surface area contributed by atoms with E-state index in [2.05, 4.69) is 0 Å². The zero-order valence-corrected chi connectivity index (χ0v) is 10.4. The van der Waals surface area contributed by atoms with Crippen LogP contribution in [0.4, 0.5) is 0 Å². The molecule has 0 saturated carbocycles. The molecule has 1 aliphatic heterocycles. The monoisotopic (exact) mass is 256 g/mol. The number of carbonyl (C=O) groups is 1. The van der Waals surface area contributed by atoms with Crippen molar-refractivity contribution in [3.8, 4) is 11.5 Å². The van der Waals surface area contributed by atoms with Crippen molar-refractivity contribution in [2.75, 3.05) is 13.2 Å². The molecular formula is C12H13ClO4. The smallest absolute Gasteiger partial charge is 0.338 e. The van der Waals surface area contributed by atoms with Gasteiger partial charge in [0, 0.05) is 0 Å². The summed E-state index contributed by atoms with van der Waals surface area (Å²) in [6, 6.07) is 3.12. The molecule has 1 aliphatic rings. The summed E-state index contributed by atoms with van der Waals surface area (Å²) in [4.78, 5) is 11.7. The lowest BCUT2D eigenvalue weighted by atomic mass is 10.2. The van der Waals surface area contributed by atoms with Crippen LogP contribution in [0.1, 0.15) is 24.2 Å². The van der Waals surface area contributed by atoms with Crippen molar-refractivity contribution in [2.24, 2.45) is 0 Å². The van der Waals surface area contributed by atoms with E-state index in [4.69, 9.17) is 25.8 Å². The standard InChI is InChI=1S/C12H13ClO4/c1-7(2)17-12(14)8-5-9(13)11-10(6-8)15-3-4-16-11/h5-7H,3-4H2,1-2H3. The van der Waals surface area contributed by atoms with E-state index in [9.17, 15) is 4.79 Å². The quantitative estimate of drug-likeness (QED) is 0.763. The molecule has 0 fully saturated rings. The van der Waals surface area contributed by atoms with E-state index in [0.717, 1.165) is 0 Å². The molecule has 1 heterocycles. The van der Waals surface area contributed by atoms with Gasteiger partial charge in [0.2, 0.25) is 0 Å². The second-order valence-electron chi connectivity index (χ2n) is 3.94. The highest BCUT2D eigenvalue weighted by atomic mass is 35.5. The van der Waals surface area contributed by atoms with Crippen LogP contribution < -0.4 is 9.47 Å². The zero-order valence-electron chi connectivity index (χ0n) is 9.66. The summed E-state index contributed by atoms with van der Waals surface area (Å²) in [5, 5.41) is 0.359. The molecule has 0 aliphatic carbocycles. The predicted molar refractivity (Wildman–Crippen MR) is 63.0 cm³/mol. The fourth-order valence-corrected chi connectivity index (χ4v) is 1.78. The van der Waals surface area contributed by atoms with Crippen molar-refractivity contribution in [1.82, 2.24) is 0 Å². The van der Waals surface area contributed by atoms with E-state index in [-0.39, 0.29) is 6.10 Å². The van der Waals surface area contributed by atoms with E-state index in [1.165, 1.54) is 6.07 Å². The molecule has 0 unspecified atom stereocenters. The van der Waals surface area contributed by atoms with Gasteiger partial charge in [-0.3, -0.25) is 0 Å². The second-order valence-corrected chi connectivity index (χ2v) is 4.34. The highest BCUT2D eigenvalue weighted by Crippen LogP contribution is 2.38. The Kier molecular flexibility index (Phi) is 3.43.